The SMILES string of the molecule is CCCCCCCCCCCCOc1cc(/C=C/c2ccc(-c3cc(-c4ccc(/C=C/c5cc(C)c(OCCCCCCCCCCCC)c(C)c5)cn4)c(F)cc3F)nc2)cc(C)c1OCCCCCCCCCCCC. The molecule has 5 nitrogen and oxygen atoms in total. The van der Waals surface area contributed by atoms with Crippen LogP contribution in [0.1, 0.15) is 252 Å². The van der Waals surface area contributed by atoms with Gasteiger partial charge < -0.3 is 14.2 Å². The normalized spacial score (nSPS) is 11.6. The largest absolute Gasteiger partial charge is 0.493 e. The molecule has 78 heavy (non-hydrogen) atoms. The molecule has 0 saturated heterocycles. The summed E-state index contributed by atoms with van der Waals surface area (Å²) in [7, 11) is 0. The molecule has 426 valence electrons. The van der Waals surface area contributed by atoms with E-state index < -0.39 is 11.6 Å². The number of hydrogen-bond donors (Lipinski definition) is 0. The predicted molar refractivity (Wildman–Crippen MR) is 330 cm³/mol. The summed E-state index contributed by atoms with van der Waals surface area (Å²) in [6, 6.07) is 18.3. The zero-order valence-electron chi connectivity index (χ0n) is 49.4. The van der Waals surface area contributed by atoms with Crippen molar-refractivity contribution in [2.24, 2.45) is 0 Å². The number of ether oxygens (including phenoxy) is 3. The number of benzene rings is 3. The molecule has 0 aliphatic carbocycles. The van der Waals surface area contributed by atoms with E-state index in [0.717, 1.165) is 88.1 Å². The van der Waals surface area contributed by atoms with E-state index in [9.17, 15) is 0 Å². The van der Waals surface area contributed by atoms with E-state index in [1.54, 1.807) is 24.5 Å². The first-order valence-corrected chi connectivity index (χ1v) is 31.1. The Morgan fingerprint density at radius 2 is 0.667 bits per heavy atom. The summed E-state index contributed by atoms with van der Waals surface area (Å²) in [6.45, 7) is 15.2. The Bertz CT molecular complexity index is 2460. The van der Waals surface area contributed by atoms with Crippen LogP contribution in [0.3, 0.4) is 0 Å². The van der Waals surface area contributed by atoms with Gasteiger partial charge in [0.05, 0.1) is 31.2 Å². The molecule has 0 unspecified atom stereocenters. The molecule has 0 N–H and O–H groups in total. The molecule has 0 spiro atoms. The van der Waals surface area contributed by atoms with Crippen molar-refractivity contribution >= 4 is 24.3 Å². The number of nitrogens with zero attached hydrogens (tertiary/aromatic N) is 2. The van der Waals surface area contributed by atoms with Crippen LogP contribution < -0.4 is 14.2 Å². The Kier molecular flexibility index (Phi) is 31.2. The van der Waals surface area contributed by atoms with Gasteiger partial charge in [-0.3, -0.25) is 9.97 Å². The minimum absolute atomic E-state index is 0.211. The standard InChI is InChI=1S/C71H100F2N2O3/c1-7-10-13-16-19-22-25-28-31-34-45-76-69-51-62(50-58(6)71(69)78-47-36-33-30-27-24-21-18-15-12-9-3)40-38-60-42-44-68(75-55-60)64-52-63(65(72)53-66(64)73)67-43-41-59(54-74-67)37-39-61-48-56(4)70(57(5)49-61)77-46-35-32-29-26-23-20-17-14-11-8-2/h37-44,48-55H,7-36,45-47H2,1-6H3/b39-37+,40-38+. The van der Waals surface area contributed by atoms with Crippen LogP contribution in [0.4, 0.5) is 8.78 Å². The van der Waals surface area contributed by atoms with E-state index in [-0.39, 0.29) is 11.1 Å². The van der Waals surface area contributed by atoms with Crippen molar-refractivity contribution in [3.63, 3.8) is 0 Å². The molecule has 3 aromatic carbocycles. The second-order valence-corrected chi connectivity index (χ2v) is 22.2. The monoisotopic (exact) mass is 1070 g/mol. The third-order valence-electron chi connectivity index (χ3n) is 15.1. The molecule has 2 heterocycles. The van der Waals surface area contributed by atoms with Crippen LogP contribution in [0, 0.1) is 32.4 Å². The maximum Gasteiger partial charge on any atom is 0.164 e. The molecule has 0 aliphatic rings. The van der Waals surface area contributed by atoms with Crippen LogP contribution in [0.25, 0.3) is 46.8 Å². The van der Waals surface area contributed by atoms with Crippen molar-refractivity contribution in [2.75, 3.05) is 19.8 Å². The molecule has 5 aromatic rings. The van der Waals surface area contributed by atoms with Crippen LogP contribution in [0.15, 0.2) is 73.1 Å². The van der Waals surface area contributed by atoms with E-state index in [0.29, 0.717) is 24.6 Å². The van der Waals surface area contributed by atoms with Crippen molar-refractivity contribution < 1.29 is 23.0 Å². The van der Waals surface area contributed by atoms with Gasteiger partial charge in [-0.1, -0.05) is 231 Å². The Balaban J connectivity index is 1.16. The Labute approximate surface area is 472 Å². The van der Waals surface area contributed by atoms with Crippen molar-refractivity contribution in [2.45, 2.75) is 234 Å². The number of unbranched alkanes of at least 4 members (excludes halogenated alkanes) is 27. The van der Waals surface area contributed by atoms with Gasteiger partial charge in [-0.05, 0) is 121 Å². The highest BCUT2D eigenvalue weighted by molar-refractivity contribution is 5.75. The fourth-order valence-electron chi connectivity index (χ4n) is 10.4. The molecule has 0 bridgehead atoms. The predicted octanol–water partition coefficient (Wildman–Crippen LogP) is 22.3. The first kappa shape index (κ1) is 63.5. The van der Waals surface area contributed by atoms with Crippen molar-refractivity contribution in [1.29, 1.82) is 0 Å². The van der Waals surface area contributed by atoms with E-state index >= 15 is 8.78 Å². The Hall–Kier alpha value is -5.30. The van der Waals surface area contributed by atoms with Gasteiger partial charge >= 0.3 is 0 Å². The molecule has 0 saturated carbocycles. The van der Waals surface area contributed by atoms with Crippen molar-refractivity contribution in [1.82, 2.24) is 9.97 Å². The summed E-state index contributed by atoms with van der Waals surface area (Å²) < 4.78 is 50.1. The summed E-state index contributed by atoms with van der Waals surface area (Å²) in [5.41, 5.74) is 8.32. The third kappa shape index (κ3) is 24.0. The maximum absolute atomic E-state index is 15.5. The van der Waals surface area contributed by atoms with Crippen LogP contribution in [-0.2, 0) is 0 Å². The van der Waals surface area contributed by atoms with Crippen molar-refractivity contribution in [3.8, 4) is 39.8 Å². The van der Waals surface area contributed by atoms with Gasteiger partial charge in [0, 0.05) is 29.6 Å². The Morgan fingerprint density at radius 1 is 0.346 bits per heavy atom. The summed E-state index contributed by atoms with van der Waals surface area (Å²) >= 11 is 0. The molecule has 0 atom stereocenters. The van der Waals surface area contributed by atoms with Gasteiger partial charge in [0.2, 0.25) is 0 Å². The van der Waals surface area contributed by atoms with Crippen LogP contribution in [0.5, 0.6) is 17.2 Å². The topological polar surface area (TPSA) is 53.5 Å². The lowest BCUT2D eigenvalue weighted by Gasteiger charge is -2.16. The zero-order valence-corrected chi connectivity index (χ0v) is 49.4. The molecule has 0 amide bonds. The average molecular weight is 1070 g/mol. The average Bonchev–Trinajstić information content (AvgIpc) is 3.47. The van der Waals surface area contributed by atoms with E-state index in [4.69, 9.17) is 14.2 Å². The number of aromatic nitrogens is 2. The van der Waals surface area contributed by atoms with E-state index in [1.807, 2.05) is 24.3 Å². The highest BCUT2D eigenvalue weighted by Crippen LogP contribution is 2.35. The highest BCUT2D eigenvalue weighted by atomic mass is 19.1. The van der Waals surface area contributed by atoms with Crippen LogP contribution >= 0.6 is 0 Å². The van der Waals surface area contributed by atoms with Gasteiger partial charge in [0.15, 0.2) is 11.5 Å². The van der Waals surface area contributed by atoms with Crippen molar-refractivity contribution in [3.05, 3.63) is 124 Å². The number of pyridine rings is 2. The quantitative estimate of drug-likeness (QED) is 0.0365. The van der Waals surface area contributed by atoms with Gasteiger partial charge in [0.1, 0.15) is 17.4 Å². The number of aryl methyl sites for hydroxylation is 3. The van der Waals surface area contributed by atoms with Gasteiger partial charge in [-0.25, -0.2) is 8.78 Å². The summed E-state index contributed by atoms with van der Waals surface area (Å²) in [6.07, 6.45) is 50.3. The first-order chi connectivity index (χ1) is 38.2. The summed E-state index contributed by atoms with van der Waals surface area (Å²) in [4.78, 5) is 9.24. The molecule has 0 fully saturated rings. The van der Waals surface area contributed by atoms with Crippen LogP contribution in [0.2, 0.25) is 0 Å². The fourth-order valence-corrected chi connectivity index (χ4v) is 10.4. The lowest BCUT2D eigenvalue weighted by atomic mass is 10.0. The lowest BCUT2D eigenvalue weighted by molar-refractivity contribution is 0.257. The van der Waals surface area contributed by atoms with Gasteiger partial charge in [0.25, 0.3) is 0 Å². The van der Waals surface area contributed by atoms with Crippen LogP contribution in [-0.4, -0.2) is 29.8 Å². The number of halogens is 2. The van der Waals surface area contributed by atoms with Gasteiger partial charge in [-0.2, -0.15) is 0 Å². The zero-order chi connectivity index (χ0) is 55.4. The fraction of sp³-hybridized carbons (Fsp3) is 0.549. The van der Waals surface area contributed by atoms with E-state index in [2.05, 4.69) is 87.9 Å². The highest BCUT2D eigenvalue weighted by Gasteiger charge is 2.16. The third-order valence-corrected chi connectivity index (χ3v) is 15.1. The van der Waals surface area contributed by atoms with E-state index in [1.165, 1.54) is 179 Å². The lowest BCUT2D eigenvalue weighted by Crippen LogP contribution is -2.04. The summed E-state index contributed by atoms with van der Waals surface area (Å²) in [5, 5.41) is 0. The molecule has 0 aliphatic heterocycles. The molecule has 2 aromatic heterocycles. The molecular weight excluding hydrogens is 967 g/mol. The molecule has 0 radical (unpaired) electrons. The Morgan fingerprint density at radius 3 is 1.04 bits per heavy atom. The van der Waals surface area contributed by atoms with Gasteiger partial charge in [-0.15, -0.1) is 0 Å². The first-order valence-electron chi connectivity index (χ1n) is 31.1. The smallest absolute Gasteiger partial charge is 0.164 e. The maximum atomic E-state index is 15.5. The minimum atomic E-state index is -0.677. The second-order valence-electron chi connectivity index (χ2n) is 22.2. The molecule has 7 heteroatoms. The number of rotatable bonds is 42. The molecule has 5 rings (SSSR count). The second kappa shape index (κ2) is 38.3. The summed E-state index contributed by atoms with van der Waals surface area (Å²) in [5.74, 6) is 1.25. The minimum Gasteiger partial charge on any atom is -0.493 e. The number of hydrogen-bond acceptors (Lipinski definition) is 5. The molecular formula is C71H100F2N2O3.